The Morgan fingerprint density at radius 3 is 2.23 bits per heavy atom. The van der Waals surface area contributed by atoms with Crippen molar-refractivity contribution in [3.8, 4) is 0 Å². The van der Waals surface area contributed by atoms with Crippen molar-refractivity contribution in [2.75, 3.05) is 0 Å². The molecule has 0 N–H and O–H groups in total. The molecule has 1 aliphatic carbocycles. The minimum absolute atomic E-state index is 0.0607. The summed E-state index contributed by atoms with van der Waals surface area (Å²) in [5.41, 5.74) is 0. The smallest absolute Gasteiger partial charge is 0.312 e. The van der Waals surface area contributed by atoms with Crippen molar-refractivity contribution in [1.82, 2.24) is 0 Å². The third kappa shape index (κ3) is 3.33. The lowest BCUT2D eigenvalue weighted by Crippen LogP contribution is -2.26. The van der Waals surface area contributed by atoms with E-state index in [0.29, 0.717) is 31.6 Å². The molecule has 1 fully saturated rings. The third-order valence-corrected chi connectivity index (χ3v) is 2.29. The first-order valence-electron chi connectivity index (χ1n) is 4.75. The molecule has 1 aliphatic rings. The van der Waals surface area contributed by atoms with E-state index in [2.05, 4.69) is 0 Å². The van der Waals surface area contributed by atoms with Crippen LogP contribution >= 0.6 is 0 Å². The van der Waals surface area contributed by atoms with E-state index >= 15 is 0 Å². The van der Waals surface area contributed by atoms with Gasteiger partial charge >= 0.3 is 5.97 Å². The maximum absolute atomic E-state index is 12.7. The van der Waals surface area contributed by atoms with Gasteiger partial charge in [-0.25, -0.2) is 4.39 Å². The first kappa shape index (κ1) is 10.5. The van der Waals surface area contributed by atoms with Gasteiger partial charge < -0.3 is 4.74 Å². The molecule has 75 valence electrons. The zero-order chi connectivity index (χ0) is 9.84. The molecule has 0 amide bonds. The summed E-state index contributed by atoms with van der Waals surface area (Å²) in [5.74, 6) is 0.407. The Morgan fingerprint density at radius 1 is 1.23 bits per heavy atom. The second-order valence-electron chi connectivity index (χ2n) is 3.78. The summed E-state index contributed by atoms with van der Waals surface area (Å²) in [7, 11) is 0. The van der Waals surface area contributed by atoms with E-state index in [1.807, 2.05) is 0 Å². The number of hydrogen-bond donors (Lipinski definition) is 0. The maximum atomic E-state index is 12.7. The number of hydrogen-bond acceptors (Lipinski definition) is 2. The summed E-state index contributed by atoms with van der Waals surface area (Å²) >= 11 is 0. The van der Waals surface area contributed by atoms with Gasteiger partial charge in [0.05, 0.1) is 5.92 Å². The highest BCUT2D eigenvalue weighted by Crippen LogP contribution is 2.24. The summed E-state index contributed by atoms with van der Waals surface area (Å²) in [6.07, 6.45) is 1.64. The summed E-state index contributed by atoms with van der Waals surface area (Å²) in [4.78, 5) is 11.1. The van der Waals surface area contributed by atoms with E-state index in [9.17, 15) is 9.18 Å². The van der Waals surface area contributed by atoms with E-state index < -0.39 is 6.17 Å². The molecule has 1 radical (unpaired) electrons. The van der Waals surface area contributed by atoms with Gasteiger partial charge in [-0.1, -0.05) is 0 Å². The molecule has 0 heterocycles. The van der Waals surface area contributed by atoms with Gasteiger partial charge in [0.1, 0.15) is 12.3 Å². The Bertz CT molecular complexity index is 172. The lowest BCUT2D eigenvalue weighted by molar-refractivity contribution is -0.148. The van der Waals surface area contributed by atoms with Gasteiger partial charge in [0.25, 0.3) is 0 Å². The largest absolute Gasteiger partial charge is 0.462 e. The Labute approximate surface area is 78.5 Å². The number of rotatable bonds is 2. The van der Waals surface area contributed by atoms with Crippen LogP contribution in [-0.2, 0) is 9.53 Å². The molecule has 0 aromatic carbocycles. The average molecular weight is 187 g/mol. The number of alkyl halides is 1. The van der Waals surface area contributed by atoms with Crippen LogP contribution in [-0.4, -0.2) is 18.2 Å². The standard InChI is InChI=1S/C10H16FO2/c1-7(2)10(12)13-9-5-3-8(11)4-6-9/h8-9H,3-6H2,1-2H3. The van der Waals surface area contributed by atoms with Crippen LogP contribution in [0.15, 0.2) is 0 Å². The molecular formula is C10H16FO2. The molecule has 13 heavy (non-hydrogen) atoms. The van der Waals surface area contributed by atoms with Crippen LogP contribution in [0, 0.1) is 5.92 Å². The van der Waals surface area contributed by atoms with Crippen LogP contribution in [0.2, 0.25) is 0 Å². The fourth-order valence-corrected chi connectivity index (χ4v) is 1.41. The van der Waals surface area contributed by atoms with Gasteiger partial charge in [-0.2, -0.15) is 0 Å². The van der Waals surface area contributed by atoms with Gasteiger partial charge in [-0.3, -0.25) is 4.79 Å². The van der Waals surface area contributed by atoms with E-state index in [1.54, 1.807) is 13.8 Å². The van der Waals surface area contributed by atoms with Gasteiger partial charge in [0.2, 0.25) is 0 Å². The minimum atomic E-state index is -0.693. The Hall–Kier alpha value is -0.600. The average Bonchev–Trinajstić information content (AvgIpc) is 2.08. The van der Waals surface area contributed by atoms with Crippen molar-refractivity contribution >= 4 is 5.97 Å². The predicted molar refractivity (Wildman–Crippen MR) is 47.8 cm³/mol. The summed E-state index contributed by atoms with van der Waals surface area (Å²) < 4.78 is 17.9. The maximum Gasteiger partial charge on any atom is 0.312 e. The molecule has 2 nitrogen and oxygen atoms in total. The van der Waals surface area contributed by atoms with Crippen molar-refractivity contribution in [2.45, 2.75) is 51.8 Å². The Morgan fingerprint density at radius 2 is 1.77 bits per heavy atom. The molecular weight excluding hydrogens is 171 g/mol. The zero-order valence-electron chi connectivity index (χ0n) is 8.18. The number of carbonyl (C=O) groups is 1. The van der Waals surface area contributed by atoms with Crippen molar-refractivity contribution in [2.24, 2.45) is 0 Å². The summed E-state index contributed by atoms with van der Waals surface area (Å²) in [6, 6.07) is 0. The van der Waals surface area contributed by atoms with Gasteiger partial charge in [0, 0.05) is 0 Å². The lowest BCUT2D eigenvalue weighted by Gasteiger charge is -2.24. The third-order valence-electron chi connectivity index (χ3n) is 2.29. The van der Waals surface area contributed by atoms with E-state index in [4.69, 9.17) is 4.74 Å². The molecule has 0 bridgehead atoms. The van der Waals surface area contributed by atoms with Gasteiger partial charge in [-0.05, 0) is 39.5 Å². The normalized spacial score (nSPS) is 28.9. The molecule has 3 heteroatoms. The molecule has 0 aromatic rings. The molecule has 0 spiro atoms. The molecule has 1 saturated carbocycles. The van der Waals surface area contributed by atoms with Crippen molar-refractivity contribution in [1.29, 1.82) is 0 Å². The highest BCUT2D eigenvalue weighted by atomic mass is 19.1. The Balaban J connectivity index is 2.26. The minimum Gasteiger partial charge on any atom is -0.462 e. The van der Waals surface area contributed by atoms with Crippen LogP contribution in [0.5, 0.6) is 0 Å². The fraction of sp³-hybridized carbons (Fsp3) is 0.800. The van der Waals surface area contributed by atoms with Crippen LogP contribution in [0.4, 0.5) is 4.39 Å². The van der Waals surface area contributed by atoms with Crippen LogP contribution < -0.4 is 0 Å². The topological polar surface area (TPSA) is 26.3 Å². The molecule has 0 aromatic heterocycles. The summed E-state index contributed by atoms with van der Waals surface area (Å²) in [6.45, 7) is 3.45. The van der Waals surface area contributed by atoms with Crippen LogP contribution in [0.25, 0.3) is 0 Å². The van der Waals surface area contributed by atoms with Crippen molar-refractivity contribution in [3.63, 3.8) is 0 Å². The second-order valence-corrected chi connectivity index (χ2v) is 3.78. The van der Waals surface area contributed by atoms with Crippen LogP contribution in [0.3, 0.4) is 0 Å². The predicted octanol–water partition coefficient (Wildman–Crippen LogP) is 2.42. The monoisotopic (exact) mass is 187 g/mol. The van der Waals surface area contributed by atoms with Gasteiger partial charge in [-0.15, -0.1) is 0 Å². The summed E-state index contributed by atoms with van der Waals surface area (Å²) in [5, 5.41) is 0. The lowest BCUT2D eigenvalue weighted by atomic mass is 9.96. The zero-order valence-corrected chi connectivity index (χ0v) is 8.18. The molecule has 0 atom stereocenters. The fourth-order valence-electron chi connectivity index (χ4n) is 1.41. The number of carbonyl (C=O) groups excluding carboxylic acids is 1. The molecule has 1 rings (SSSR count). The Kier molecular flexibility index (Phi) is 3.70. The van der Waals surface area contributed by atoms with Crippen LogP contribution in [0.1, 0.15) is 39.5 Å². The van der Waals surface area contributed by atoms with Gasteiger partial charge in [0.15, 0.2) is 0 Å². The number of halogens is 1. The molecule has 0 unspecified atom stereocenters. The van der Waals surface area contributed by atoms with E-state index in [-0.39, 0.29) is 12.1 Å². The van der Waals surface area contributed by atoms with E-state index in [1.165, 1.54) is 0 Å². The number of ether oxygens (including phenoxy) is 1. The highest BCUT2D eigenvalue weighted by molar-refractivity contribution is 5.83. The quantitative estimate of drug-likeness (QED) is 0.620. The first-order chi connectivity index (χ1) is 6.09. The number of esters is 1. The first-order valence-corrected chi connectivity index (χ1v) is 4.75. The second kappa shape index (κ2) is 4.58. The molecule has 0 aliphatic heterocycles. The molecule has 0 saturated heterocycles. The van der Waals surface area contributed by atoms with Crippen molar-refractivity contribution in [3.05, 3.63) is 5.92 Å². The van der Waals surface area contributed by atoms with E-state index in [0.717, 1.165) is 0 Å². The highest BCUT2D eigenvalue weighted by Gasteiger charge is 2.24. The SMILES string of the molecule is C[C](C)C(=O)OC1CCC(F)CC1. The van der Waals surface area contributed by atoms with Crippen molar-refractivity contribution < 1.29 is 13.9 Å².